The molecule has 1 nitrogen and oxygen atoms in total. The predicted molar refractivity (Wildman–Crippen MR) is 10.0 cm³/mol. The van der Waals surface area contributed by atoms with Crippen LogP contribution in [0.25, 0.3) is 0 Å². The summed E-state index contributed by atoms with van der Waals surface area (Å²) in [6.45, 7) is 0. The van der Waals surface area contributed by atoms with Gasteiger partial charge in [0.05, 0.1) is 0 Å². The smallest absolute Gasteiger partial charge is 0 e. The minimum absolute atomic E-state index is 0. The molecule has 0 fully saturated rings. The first kappa shape index (κ1) is 57.5. The Hall–Kier alpha value is 3.39. The molecular formula is CH5OUVWY-. The van der Waals surface area contributed by atoms with Gasteiger partial charge in [-0.05, 0) is 0 Å². The molecule has 6 heavy (non-hydrogen) atoms. The van der Waals surface area contributed by atoms with E-state index in [1.54, 1.807) is 0 Å². The van der Waals surface area contributed by atoms with Crippen molar-refractivity contribution in [2.75, 3.05) is 0 Å². The van der Waals surface area contributed by atoms with E-state index in [-0.39, 0.29) is 116 Å². The van der Waals surface area contributed by atoms with Crippen LogP contribution in [0.4, 0.5) is 0 Å². The van der Waals surface area contributed by atoms with Crippen molar-refractivity contribution in [3.63, 3.8) is 0 Å². The van der Waals surface area contributed by atoms with E-state index in [1.807, 2.05) is 0 Å². The zero-order chi connectivity index (χ0) is 0. The van der Waals surface area contributed by atoms with Gasteiger partial charge in [0.15, 0.2) is 0 Å². The van der Waals surface area contributed by atoms with Crippen molar-refractivity contribution < 1.29 is 109 Å². The van der Waals surface area contributed by atoms with Crippen LogP contribution in [0, 0.1) is 38.5 Å². The van der Waals surface area contributed by atoms with Crippen LogP contribution >= 0.6 is 0 Å². The second kappa shape index (κ2) is 39.9. The second-order valence-corrected chi connectivity index (χ2v) is 0. The van der Waals surface area contributed by atoms with Gasteiger partial charge in [0.25, 0.3) is 0 Å². The molecule has 0 spiro atoms. The van der Waals surface area contributed by atoms with Crippen LogP contribution in [-0.4, -0.2) is 5.48 Å². The molecule has 34 valence electrons. The third-order valence-corrected chi connectivity index (χ3v) is 0. The monoisotopic (exact) mass is 595 g/mol. The SMILES string of the molecule is O.[CH3-].[U].[V].[W].[Y]. The van der Waals surface area contributed by atoms with Gasteiger partial charge in [0, 0.05) is 103 Å². The number of rotatable bonds is 0. The van der Waals surface area contributed by atoms with Gasteiger partial charge in [0.2, 0.25) is 0 Å². The molecule has 2 radical (unpaired) electrons. The Morgan fingerprint density at radius 1 is 1.00 bits per heavy atom. The Kier molecular flexibility index (Phi) is 382. The van der Waals surface area contributed by atoms with Crippen molar-refractivity contribution in [1.82, 2.24) is 0 Å². The maximum Gasteiger partial charge on any atom is 0 e. The summed E-state index contributed by atoms with van der Waals surface area (Å²) >= 11 is 0. The van der Waals surface area contributed by atoms with Crippen molar-refractivity contribution in [3.05, 3.63) is 7.43 Å². The average molecular weight is 595 g/mol. The maximum absolute atomic E-state index is 0. The van der Waals surface area contributed by atoms with Gasteiger partial charge in [-0.15, -0.1) is 0 Å². The van der Waals surface area contributed by atoms with Gasteiger partial charge in [0.1, 0.15) is 0 Å². The molecule has 0 aromatic carbocycles. The van der Waals surface area contributed by atoms with E-state index in [4.69, 9.17) is 0 Å². The molecular weight excluding hydrogens is 590 g/mol. The average Bonchev–Trinajstić information content (AvgIpc) is 0. The summed E-state index contributed by atoms with van der Waals surface area (Å²) in [4.78, 5) is 0. The third-order valence-electron chi connectivity index (χ3n) is 0. The van der Waals surface area contributed by atoms with Crippen molar-refractivity contribution in [3.8, 4) is 0 Å². The maximum atomic E-state index is 0. The predicted octanol–water partition coefficient (Wildman–Crippen LogP) is -0.382. The minimum atomic E-state index is 0. The van der Waals surface area contributed by atoms with E-state index in [0.717, 1.165) is 0 Å². The van der Waals surface area contributed by atoms with Crippen LogP contribution in [0.2, 0.25) is 0 Å². The first-order valence-corrected chi connectivity index (χ1v) is 0. The Labute approximate surface area is 114 Å². The first-order valence-electron chi connectivity index (χ1n) is 0. The topological polar surface area (TPSA) is 31.5 Å². The molecule has 0 aliphatic rings. The van der Waals surface area contributed by atoms with Gasteiger partial charge < -0.3 is 12.9 Å². The van der Waals surface area contributed by atoms with Crippen LogP contribution in [0.15, 0.2) is 0 Å². The summed E-state index contributed by atoms with van der Waals surface area (Å²) in [6.07, 6.45) is 0. The summed E-state index contributed by atoms with van der Waals surface area (Å²) < 4.78 is 0. The molecule has 0 aliphatic heterocycles. The van der Waals surface area contributed by atoms with E-state index in [9.17, 15) is 0 Å². The van der Waals surface area contributed by atoms with Crippen LogP contribution < -0.4 is 0 Å². The van der Waals surface area contributed by atoms with Crippen molar-refractivity contribution >= 4 is 0 Å². The third kappa shape index (κ3) is 26.3. The van der Waals surface area contributed by atoms with E-state index >= 15 is 0 Å². The zero-order valence-corrected chi connectivity index (χ0v) is 14.8. The summed E-state index contributed by atoms with van der Waals surface area (Å²) in [5.74, 6) is 0. The van der Waals surface area contributed by atoms with Crippen molar-refractivity contribution in [1.29, 1.82) is 0 Å². The Balaban J connectivity index is 0. The molecule has 0 aliphatic carbocycles. The van der Waals surface area contributed by atoms with E-state index in [1.165, 1.54) is 0 Å². The van der Waals surface area contributed by atoms with Crippen LogP contribution in [-0.2, 0) is 72.3 Å². The molecule has 0 amide bonds. The molecule has 5 heteroatoms. The molecule has 0 saturated carbocycles. The number of hydrogen-bond acceptors (Lipinski definition) is 0. The molecule has 0 unspecified atom stereocenters. The van der Waals surface area contributed by atoms with E-state index < -0.39 is 0 Å². The largest absolute Gasteiger partial charge is 0.412 e. The Morgan fingerprint density at radius 3 is 1.00 bits per heavy atom. The van der Waals surface area contributed by atoms with Crippen molar-refractivity contribution in [2.45, 2.75) is 0 Å². The zero-order valence-electron chi connectivity index (χ0n) is 3.43. The molecule has 2 N–H and O–H groups in total. The minimum Gasteiger partial charge on any atom is -0.412 e. The van der Waals surface area contributed by atoms with Gasteiger partial charge >= 0.3 is 0 Å². The van der Waals surface area contributed by atoms with Gasteiger partial charge in [-0.3, -0.25) is 0 Å². The van der Waals surface area contributed by atoms with Crippen LogP contribution in [0.3, 0.4) is 0 Å². The molecule has 0 aromatic heterocycles. The normalized spacial score (nSPS) is 0. The summed E-state index contributed by atoms with van der Waals surface area (Å²) in [6, 6.07) is 0. The molecule has 0 bridgehead atoms. The Bertz CT molecular complexity index is 15.5. The summed E-state index contributed by atoms with van der Waals surface area (Å²) in [5, 5.41) is 0. The molecule has 0 aromatic rings. The molecule has 0 rings (SSSR count). The quantitative estimate of drug-likeness (QED) is 0.343. The molecule has 0 saturated heterocycles. The first-order chi connectivity index (χ1) is 0. The fourth-order valence-corrected chi connectivity index (χ4v) is 0. The Morgan fingerprint density at radius 2 is 1.00 bits per heavy atom. The van der Waals surface area contributed by atoms with Gasteiger partial charge in [-0.2, -0.15) is 0 Å². The summed E-state index contributed by atoms with van der Waals surface area (Å²) in [7, 11) is 0. The van der Waals surface area contributed by atoms with Gasteiger partial charge in [-0.1, -0.05) is 0 Å². The van der Waals surface area contributed by atoms with E-state index in [2.05, 4.69) is 0 Å². The summed E-state index contributed by atoms with van der Waals surface area (Å²) in [5.41, 5.74) is 0. The fourth-order valence-electron chi connectivity index (χ4n) is 0. The van der Waals surface area contributed by atoms with Crippen LogP contribution in [0.1, 0.15) is 0 Å². The van der Waals surface area contributed by atoms with E-state index in [0.29, 0.717) is 0 Å². The van der Waals surface area contributed by atoms with Crippen molar-refractivity contribution in [2.24, 2.45) is 0 Å². The second-order valence-electron chi connectivity index (χ2n) is 0. The van der Waals surface area contributed by atoms with Crippen LogP contribution in [0.5, 0.6) is 0 Å². The fraction of sp³-hybridized carbons (Fsp3) is 0. The molecule has 0 heterocycles. The molecule has 0 atom stereocenters. The number of hydrogen-bond donors (Lipinski definition) is 0. The standard InChI is InChI=1S/CH3.H2O.U.V.W.Y/h1H3;1H2;;;;/q-1;;;;;. The van der Waals surface area contributed by atoms with Gasteiger partial charge in [-0.25, -0.2) is 0 Å².